The molecular formula is C13H20N4O. The number of rotatable bonds is 3. The third-order valence-electron chi connectivity index (χ3n) is 4.14. The number of hydrogen-bond donors (Lipinski definition) is 1. The van der Waals surface area contributed by atoms with Crippen molar-refractivity contribution in [1.82, 2.24) is 19.8 Å². The maximum absolute atomic E-state index is 12.3. The van der Waals surface area contributed by atoms with Gasteiger partial charge in [-0.15, -0.1) is 0 Å². The highest BCUT2D eigenvalue weighted by atomic mass is 16.2. The summed E-state index contributed by atoms with van der Waals surface area (Å²) in [7, 11) is 0. The standard InChI is InChI=1S/C13H20N4O/c18-13(3-6-16-7-4-14-10-16)17-5-1-2-11-8-15-9-12(11)17/h4,7,10-12,15H,1-3,5-6,8-9H2. The number of carbonyl (C=O) groups excluding carboxylic acids is 1. The molecule has 2 aliphatic heterocycles. The number of aromatic nitrogens is 2. The third-order valence-corrected chi connectivity index (χ3v) is 4.14. The Labute approximate surface area is 107 Å². The summed E-state index contributed by atoms with van der Waals surface area (Å²) in [4.78, 5) is 18.4. The molecule has 1 aromatic heterocycles. The number of hydrogen-bond acceptors (Lipinski definition) is 3. The number of aryl methyl sites for hydroxylation is 1. The lowest BCUT2D eigenvalue weighted by atomic mass is 9.92. The SMILES string of the molecule is O=C(CCn1ccnc1)N1CCCC2CNCC21. The molecule has 5 heteroatoms. The Balaban J connectivity index is 1.58. The van der Waals surface area contributed by atoms with Crippen LogP contribution in [0.15, 0.2) is 18.7 Å². The van der Waals surface area contributed by atoms with Gasteiger partial charge in [-0.3, -0.25) is 4.79 Å². The van der Waals surface area contributed by atoms with Gasteiger partial charge in [0, 0.05) is 51.0 Å². The van der Waals surface area contributed by atoms with Crippen molar-refractivity contribution in [1.29, 1.82) is 0 Å². The number of nitrogens with zero attached hydrogens (tertiary/aromatic N) is 3. The normalized spacial score (nSPS) is 27.2. The second-order valence-corrected chi connectivity index (χ2v) is 5.27. The number of imidazole rings is 1. The van der Waals surface area contributed by atoms with Crippen molar-refractivity contribution in [2.45, 2.75) is 31.8 Å². The zero-order chi connectivity index (χ0) is 12.4. The van der Waals surface area contributed by atoms with E-state index in [1.807, 2.05) is 10.8 Å². The van der Waals surface area contributed by atoms with E-state index in [9.17, 15) is 4.79 Å². The molecule has 0 aliphatic carbocycles. The van der Waals surface area contributed by atoms with E-state index in [2.05, 4.69) is 15.2 Å². The Morgan fingerprint density at radius 2 is 2.39 bits per heavy atom. The predicted molar refractivity (Wildman–Crippen MR) is 67.9 cm³/mol. The summed E-state index contributed by atoms with van der Waals surface area (Å²) in [6, 6.07) is 0.439. The fourth-order valence-electron chi connectivity index (χ4n) is 3.17. The lowest BCUT2D eigenvalue weighted by Gasteiger charge is -2.37. The lowest BCUT2D eigenvalue weighted by Crippen LogP contribution is -2.48. The fraction of sp³-hybridized carbons (Fsp3) is 0.692. The largest absolute Gasteiger partial charge is 0.338 e. The average Bonchev–Trinajstić information content (AvgIpc) is 3.05. The second-order valence-electron chi connectivity index (χ2n) is 5.27. The van der Waals surface area contributed by atoms with Gasteiger partial charge in [0.05, 0.1) is 6.33 Å². The molecule has 2 aliphatic rings. The fourth-order valence-corrected chi connectivity index (χ4v) is 3.17. The molecule has 0 spiro atoms. The third kappa shape index (κ3) is 2.27. The Kier molecular flexibility index (Phi) is 3.32. The van der Waals surface area contributed by atoms with Crippen LogP contribution >= 0.6 is 0 Å². The van der Waals surface area contributed by atoms with Gasteiger partial charge in [-0.1, -0.05) is 0 Å². The van der Waals surface area contributed by atoms with Crippen molar-refractivity contribution in [3.05, 3.63) is 18.7 Å². The predicted octanol–water partition coefficient (Wildman–Crippen LogP) is 0.484. The molecule has 1 N–H and O–H groups in total. The van der Waals surface area contributed by atoms with Crippen LogP contribution in [0.5, 0.6) is 0 Å². The van der Waals surface area contributed by atoms with Crippen LogP contribution in [-0.4, -0.2) is 46.0 Å². The topological polar surface area (TPSA) is 50.2 Å². The summed E-state index contributed by atoms with van der Waals surface area (Å²) in [5.41, 5.74) is 0. The highest BCUT2D eigenvalue weighted by Crippen LogP contribution is 2.26. The van der Waals surface area contributed by atoms with Crippen LogP contribution in [0, 0.1) is 5.92 Å². The van der Waals surface area contributed by atoms with Crippen molar-refractivity contribution in [3.63, 3.8) is 0 Å². The first-order chi connectivity index (χ1) is 8.84. The average molecular weight is 248 g/mol. The summed E-state index contributed by atoms with van der Waals surface area (Å²) >= 11 is 0. The molecule has 5 nitrogen and oxygen atoms in total. The summed E-state index contributed by atoms with van der Waals surface area (Å²) in [6.07, 6.45) is 8.43. The maximum Gasteiger partial charge on any atom is 0.224 e. The first-order valence-corrected chi connectivity index (χ1v) is 6.80. The minimum absolute atomic E-state index is 0.294. The molecule has 0 bridgehead atoms. The van der Waals surface area contributed by atoms with Crippen molar-refractivity contribution in [3.8, 4) is 0 Å². The summed E-state index contributed by atoms with van der Waals surface area (Å²) in [5, 5.41) is 3.41. The molecule has 0 aromatic carbocycles. The van der Waals surface area contributed by atoms with E-state index in [0.29, 0.717) is 24.3 Å². The van der Waals surface area contributed by atoms with Gasteiger partial charge in [0.1, 0.15) is 0 Å². The van der Waals surface area contributed by atoms with Gasteiger partial charge in [-0.2, -0.15) is 0 Å². The highest BCUT2D eigenvalue weighted by Gasteiger charge is 2.36. The molecule has 2 fully saturated rings. The number of likely N-dealkylation sites (tertiary alicyclic amines) is 1. The Hall–Kier alpha value is -1.36. The van der Waals surface area contributed by atoms with Gasteiger partial charge < -0.3 is 14.8 Å². The second kappa shape index (κ2) is 5.10. The van der Waals surface area contributed by atoms with E-state index < -0.39 is 0 Å². The van der Waals surface area contributed by atoms with Gasteiger partial charge in [0.25, 0.3) is 0 Å². The Bertz CT molecular complexity index is 403. The van der Waals surface area contributed by atoms with Crippen LogP contribution in [0.2, 0.25) is 0 Å². The summed E-state index contributed by atoms with van der Waals surface area (Å²) in [6.45, 7) is 3.73. The Morgan fingerprint density at radius 1 is 1.44 bits per heavy atom. The van der Waals surface area contributed by atoms with Crippen molar-refractivity contribution in [2.75, 3.05) is 19.6 Å². The monoisotopic (exact) mass is 248 g/mol. The van der Waals surface area contributed by atoms with Gasteiger partial charge in [-0.25, -0.2) is 4.98 Å². The van der Waals surface area contributed by atoms with Gasteiger partial charge in [-0.05, 0) is 18.8 Å². The molecular weight excluding hydrogens is 228 g/mol. The molecule has 2 unspecified atom stereocenters. The van der Waals surface area contributed by atoms with Crippen molar-refractivity contribution in [2.24, 2.45) is 5.92 Å². The zero-order valence-corrected chi connectivity index (χ0v) is 10.6. The molecule has 2 saturated heterocycles. The molecule has 1 aromatic rings. The van der Waals surface area contributed by atoms with Crippen LogP contribution in [0.1, 0.15) is 19.3 Å². The van der Waals surface area contributed by atoms with E-state index >= 15 is 0 Å². The van der Waals surface area contributed by atoms with Crippen LogP contribution in [0.25, 0.3) is 0 Å². The number of piperidine rings is 1. The highest BCUT2D eigenvalue weighted by molar-refractivity contribution is 5.76. The van der Waals surface area contributed by atoms with E-state index in [0.717, 1.165) is 32.6 Å². The first-order valence-electron chi connectivity index (χ1n) is 6.80. The van der Waals surface area contributed by atoms with E-state index in [1.54, 1.807) is 12.5 Å². The van der Waals surface area contributed by atoms with Gasteiger partial charge >= 0.3 is 0 Å². The van der Waals surface area contributed by atoms with Gasteiger partial charge in [0.15, 0.2) is 0 Å². The molecule has 0 radical (unpaired) electrons. The zero-order valence-electron chi connectivity index (χ0n) is 10.6. The van der Waals surface area contributed by atoms with Crippen molar-refractivity contribution < 1.29 is 4.79 Å². The maximum atomic E-state index is 12.3. The minimum Gasteiger partial charge on any atom is -0.338 e. The smallest absolute Gasteiger partial charge is 0.224 e. The Morgan fingerprint density at radius 3 is 3.22 bits per heavy atom. The lowest BCUT2D eigenvalue weighted by molar-refractivity contribution is -0.135. The molecule has 3 heterocycles. The van der Waals surface area contributed by atoms with Crippen LogP contribution < -0.4 is 5.32 Å². The van der Waals surface area contributed by atoms with Crippen LogP contribution in [-0.2, 0) is 11.3 Å². The number of carbonyl (C=O) groups is 1. The first kappa shape index (κ1) is 11.7. The van der Waals surface area contributed by atoms with E-state index in [1.165, 1.54) is 6.42 Å². The van der Waals surface area contributed by atoms with Crippen LogP contribution in [0.4, 0.5) is 0 Å². The van der Waals surface area contributed by atoms with Gasteiger partial charge in [0.2, 0.25) is 5.91 Å². The quantitative estimate of drug-likeness (QED) is 0.846. The van der Waals surface area contributed by atoms with E-state index in [-0.39, 0.29) is 0 Å². The molecule has 18 heavy (non-hydrogen) atoms. The van der Waals surface area contributed by atoms with E-state index in [4.69, 9.17) is 0 Å². The molecule has 3 rings (SSSR count). The van der Waals surface area contributed by atoms with Crippen molar-refractivity contribution >= 4 is 5.91 Å². The molecule has 0 saturated carbocycles. The number of fused-ring (bicyclic) bond motifs is 1. The minimum atomic E-state index is 0.294. The molecule has 2 atom stereocenters. The summed E-state index contributed by atoms with van der Waals surface area (Å²) < 4.78 is 1.96. The summed E-state index contributed by atoms with van der Waals surface area (Å²) in [5.74, 6) is 0.970. The number of amides is 1. The number of nitrogens with one attached hydrogen (secondary N) is 1. The van der Waals surface area contributed by atoms with Crippen LogP contribution in [0.3, 0.4) is 0 Å². The molecule has 1 amide bonds. The molecule has 98 valence electrons.